The molecule has 0 fully saturated rings. The highest BCUT2D eigenvalue weighted by Gasteiger charge is 2.30. The van der Waals surface area contributed by atoms with E-state index in [9.17, 15) is 29.1 Å². The number of nitrogens with two attached hydrogens (primary N) is 2. The summed E-state index contributed by atoms with van der Waals surface area (Å²) in [6, 6.07) is -4.98. The smallest absolute Gasteiger partial charge is 0.326 e. The van der Waals surface area contributed by atoms with E-state index in [2.05, 4.69) is 16.0 Å². The van der Waals surface area contributed by atoms with Gasteiger partial charge in [-0.25, -0.2) is 4.79 Å². The van der Waals surface area contributed by atoms with Gasteiger partial charge in [-0.1, -0.05) is 13.8 Å². The number of carboxylic acids is 1. The Morgan fingerprint density at radius 3 is 1.71 bits per heavy atom. The number of aliphatic hydroxyl groups is 1. The highest BCUT2D eigenvalue weighted by atomic mass is 16.4. The Hall–Kier alpha value is -2.73. The van der Waals surface area contributed by atoms with Crippen molar-refractivity contribution in [1.82, 2.24) is 16.0 Å². The number of primary amides is 1. The van der Waals surface area contributed by atoms with E-state index in [1.807, 2.05) is 0 Å². The lowest BCUT2D eigenvalue weighted by Gasteiger charge is -2.25. The Morgan fingerprint density at radius 2 is 1.32 bits per heavy atom. The normalized spacial score (nSPS) is 15.1. The second kappa shape index (κ2) is 11.9. The van der Waals surface area contributed by atoms with Gasteiger partial charge in [0.1, 0.15) is 18.1 Å². The third-order valence-electron chi connectivity index (χ3n) is 3.59. The van der Waals surface area contributed by atoms with Crippen LogP contribution in [-0.4, -0.2) is 70.6 Å². The lowest BCUT2D eigenvalue weighted by atomic mass is 10.0. The minimum Gasteiger partial charge on any atom is -0.480 e. The van der Waals surface area contributed by atoms with Gasteiger partial charge >= 0.3 is 5.97 Å². The first kappa shape index (κ1) is 25.3. The number of aliphatic hydroxyl groups excluding tert-OH is 1. The lowest BCUT2D eigenvalue weighted by Crippen LogP contribution is -2.58. The molecule has 160 valence electrons. The van der Waals surface area contributed by atoms with Crippen molar-refractivity contribution < 1.29 is 34.2 Å². The summed E-state index contributed by atoms with van der Waals surface area (Å²) in [6.07, 6.45) is -0.479. The summed E-state index contributed by atoms with van der Waals surface area (Å²) in [5.41, 5.74) is 10.4. The molecular formula is C16H29N5O7. The third kappa shape index (κ3) is 9.28. The van der Waals surface area contributed by atoms with E-state index >= 15 is 0 Å². The van der Waals surface area contributed by atoms with Gasteiger partial charge in [-0.15, -0.1) is 0 Å². The van der Waals surface area contributed by atoms with E-state index in [4.69, 9.17) is 16.6 Å². The Labute approximate surface area is 162 Å². The van der Waals surface area contributed by atoms with Gasteiger partial charge in [-0.05, 0) is 19.3 Å². The molecule has 0 aliphatic rings. The molecule has 0 aromatic rings. The minimum atomic E-state index is -1.55. The van der Waals surface area contributed by atoms with Gasteiger partial charge in [-0.3, -0.25) is 19.2 Å². The van der Waals surface area contributed by atoms with Crippen LogP contribution in [0.3, 0.4) is 0 Å². The first-order chi connectivity index (χ1) is 12.9. The van der Waals surface area contributed by atoms with E-state index in [0.29, 0.717) is 0 Å². The third-order valence-corrected chi connectivity index (χ3v) is 3.59. The van der Waals surface area contributed by atoms with Gasteiger partial charge in [-0.2, -0.15) is 0 Å². The van der Waals surface area contributed by atoms with Crippen molar-refractivity contribution in [2.75, 3.05) is 6.61 Å². The molecular weight excluding hydrogens is 374 g/mol. The number of hydrogen-bond acceptors (Lipinski definition) is 7. The second-order valence-corrected chi connectivity index (χ2v) is 6.79. The van der Waals surface area contributed by atoms with E-state index in [1.165, 1.54) is 6.92 Å². The minimum absolute atomic E-state index is 0.0679. The maximum absolute atomic E-state index is 12.4. The molecule has 9 N–H and O–H groups in total. The Bertz CT molecular complexity index is 594. The fourth-order valence-corrected chi connectivity index (χ4v) is 2.15. The van der Waals surface area contributed by atoms with Gasteiger partial charge in [0, 0.05) is 0 Å². The van der Waals surface area contributed by atoms with E-state index in [0.717, 1.165) is 0 Å². The molecule has 0 saturated carbocycles. The number of carbonyl (C=O) groups is 5. The summed E-state index contributed by atoms with van der Waals surface area (Å²) in [5, 5.41) is 25.2. The van der Waals surface area contributed by atoms with E-state index in [1.54, 1.807) is 13.8 Å². The number of hydrogen-bond donors (Lipinski definition) is 7. The molecule has 0 saturated heterocycles. The maximum Gasteiger partial charge on any atom is 0.326 e. The average Bonchev–Trinajstić information content (AvgIpc) is 2.56. The number of carboxylic acid groups (broad SMARTS) is 1. The van der Waals surface area contributed by atoms with Gasteiger partial charge in [0.05, 0.1) is 19.1 Å². The highest BCUT2D eigenvalue weighted by molar-refractivity contribution is 5.94. The van der Waals surface area contributed by atoms with Crippen molar-refractivity contribution in [2.45, 2.75) is 57.8 Å². The standard InChI is InChI=1S/C16H29N5O7/c1-7(2)4-9(14(25)20-10(16(27)28)5-12(18)23)19-15(26)11(6-22)21-13(24)8(3)17/h7-11,22H,4-6,17H2,1-3H3,(H2,18,23)(H,19,26)(H,20,25)(H,21,24)(H,27,28). The molecule has 0 spiro atoms. The van der Waals surface area contributed by atoms with Gasteiger partial charge in [0.15, 0.2) is 0 Å². The van der Waals surface area contributed by atoms with Crippen LogP contribution >= 0.6 is 0 Å². The number of amides is 4. The summed E-state index contributed by atoms with van der Waals surface area (Å²) in [6.45, 7) is 4.19. The van der Waals surface area contributed by atoms with Crippen molar-refractivity contribution in [1.29, 1.82) is 0 Å². The molecule has 0 aromatic carbocycles. The molecule has 28 heavy (non-hydrogen) atoms. The summed E-state index contributed by atoms with van der Waals surface area (Å²) < 4.78 is 0. The van der Waals surface area contributed by atoms with Crippen LogP contribution in [0.2, 0.25) is 0 Å². The van der Waals surface area contributed by atoms with Crippen molar-refractivity contribution in [3.63, 3.8) is 0 Å². The number of rotatable bonds is 12. The molecule has 0 heterocycles. The van der Waals surface area contributed by atoms with Crippen molar-refractivity contribution in [2.24, 2.45) is 17.4 Å². The topological polar surface area (TPSA) is 214 Å². The predicted molar refractivity (Wildman–Crippen MR) is 97.4 cm³/mol. The maximum atomic E-state index is 12.4. The van der Waals surface area contributed by atoms with Crippen LogP contribution in [0.1, 0.15) is 33.6 Å². The largest absolute Gasteiger partial charge is 0.480 e. The Balaban J connectivity index is 5.25. The fraction of sp³-hybridized carbons (Fsp3) is 0.688. The zero-order valence-electron chi connectivity index (χ0n) is 16.1. The van der Waals surface area contributed by atoms with Crippen LogP contribution in [0.4, 0.5) is 0 Å². The zero-order valence-corrected chi connectivity index (χ0v) is 16.1. The fourth-order valence-electron chi connectivity index (χ4n) is 2.15. The molecule has 0 rings (SSSR count). The average molecular weight is 403 g/mol. The quantitative estimate of drug-likeness (QED) is 0.175. The summed E-state index contributed by atoms with van der Waals surface area (Å²) in [7, 11) is 0. The van der Waals surface area contributed by atoms with Crippen molar-refractivity contribution >= 4 is 29.6 Å². The summed E-state index contributed by atoms with van der Waals surface area (Å²) in [4.78, 5) is 58.5. The van der Waals surface area contributed by atoms with E-state index < -0.39 is 66.8 Å². The Morgan fingerprint density at radius 1 is 0.857 bits per heavy atom. The SMILES string of the molecule is CC(C)CC(NC(=O)C(CO)NC(=O)C(C)N)C(=O)NC(CC(N)=O)C(=O)O. The molecule has 12 nitrogen and oxygen atoms in total. The van der Waals surface area contributed by atoms with Crippen molar-refractivity contribution in [3.8, 4) is 0 Å². The van der Waals surface area contributed by atoms with E-state index in [-0.39, 0.29) is 12.3 Å². The summed E-state index contributed by atoms with van der Waals surface area (Å²) >= 11 is 0. The molecule has 0 aliphatic heterocycles. The molecule has 4 amide bonds. The monoisotopic (exact) mass is 403 g/mol. The Kier molecular flexibility index (Phi) is 10.7. The van der Waals surface area contributed by atoms with Crippen molar-refractivity contribution in [3.05, 3.63) is 0 Å². The number of aliphatic carboxylic acids is 1. The zero-order chi connectivity index (χ0) is 22.0. The first-order valence-electron chi connectivity index (χ1n) is 8.67. The molecule has 0 aromatic heterocycles. The molecule has 0 aliphatic carbocycles. The van der Waals surface area contributed by atoms with Gasteiger partial charge in [0.25, 0.3) is 0 Å². The van der Waals surface area contributed by atoms with Gasteiger partial charge in [0.2, 0.25) is 23.6 Å². The molecule has 12 heteroatoms. The van der Waals surface area contributed by atoms with Crippen LogP contribution in [-0.2, 0) is 24.0 Å². The first-order valence-corrected chi connectivity index (χ1v) is 8.67. The highest BCUT2D eigenvalue weighted by Crippen LogP contribution is 2.07. The number of nitrogens with one attached hydrogen (secondary N) is 3. The molecule has 4 atom stereocenters. The number of carbonyl (C=O) groups excluding carboxylic acids is 4. The predicted octanol–water partition coefficient (Wildman–Crippen LogP) is -3.21. The van der Waals surface area contributed by atoms with Crippen LogP contribution in [0.25, 0.3) is 0 Å². The molecule has 0 radical (unpaired) electrons. The molecule has 0 bridgehead atoms. The van der Waals surface area contributed by atoms with Crippen LogP contribution in [0.5, 0.6) is 0 Å². The second-order valence-electron chi connectivity index (χ2n) is 6.79. The van der Waals surface area contributed by atoms with Crippen LogP contribution in [0.15, 0.2) is 0 Å². The molecule has 4 unspecified atom stereocenters. The van der Waals surface area contributed by atoms with Crippen LogP contribution in [0, 0.1) is 5.92 Å². The van der Waals surface area contributed by atoms with Crippen LogP contribution < -0.4 is 27.4 Å². The lowest BCUT2D eigenvalue weighted by molar-refractivity contribution is -0.144. The van der Waals surface area contributed by atoms with Gasteiger partial charge < -0.3 is 37.6 Å². The summed E-state index contributed by atoms with van der Waals surface area (Å²) in [5.74, 6) is -4.81.